The number of rotatable bonds is 4. The lowest BCUT2D eigenvalue weighted by Gasteiger charge is -2.26. The number of hydrogen-bond donors (Lipinski definition) is 3. The Morgan fingerprint density at radius 1 is 1.17 bits per heavy atom. The van der Waals surface area contributed by atoms with Gasteiger partial charge in [-0.1, -0.05) is 12.1 Å². The van der Waals surface area contributed by atoms with Crippen molar-refractivity contribution >= 4 is 28.4 Å². The Balaban J connectivity index is 1.42. The number of halogens is 1. The summed E-state index contributed by atoms with van der Waals surface area (Å²) in [5, 5.41) is 3.50. The highest BCUT2D eigenvalue weighted by atomic mass is 19.1. The molecule has 2 heterocycles. The number of carbonyl (C=O) groups excluding carboxylic acids is 2. The van der Waals surface area contributed by atoms with Gasteiger partial charge in [-0.2, -0.15) is 0 Å². The Morgan fingerprint density at radius 3 is 2.72 bits per heavy atom. The number of H-pyrrole nitrogens is 1. The summed E-state index contributed by atoms with van der Waals surface area (Å²) in [5.74, 6) is -1.52. The lowest BCUT2D eigenvalue weighted by atomic mass is 10.0. The second-order valence-corrected chi connectivity index (χ2v) is 7.29. The molecule has 0 saturated heterocycles. The summed E-state index contributed by atoms with van der Waals surface area (Å²) in [6.45, 7) is 1.35. The van der Waals surface area contributed by atoms with Crippen LogP contribution in [0.25, 0.3) is 10.9 Å². The number of anilines is 1. The number of nitrogens with two attached hydrogens (primary N) is 1. The molecule has 0 atom stereocenters. The fourth-order valence-electron chi connectivity index (χ4n) is 3.78. The predicted octanol–water partition coefficient (Wildman–Crippen LogP) is 2.72. The molecule has 2 amide bonds. The fourth-order valence-corrected chi connectivity index (χ4v) is 3.78. The minimum atomic E-state index is -0.662. The van der Waals surface area contributed by atoms with E-state index in [1.165, 1.54) is 17.0 Å². The first kappa shape index (κ1) is 19.1. The van der Waals surface area contributed by atoms with Crippen molar-refractivity contribution in [2.45, 2.75) is 25.8 Å². The van der Waals surface area contributed by atoms with Crippen molar-refractivity contribution in [3.8, 4) is 0 Å². The fraction of sp³-hybridized carbons (Fsp3) is 0.273. The topological polar surface area (TPSA) is 91.2 Å². The number of amides is 2. The van der Waals surface area contributed by atoms with Crippen molar-refractivity contribution in [1.82, 2.24) is 9.88 Å². The quantitative estimate of drug-likeness (QED) is 0.594. The van der Waals surface area contributed by atoms with Gasteiger partial charge in [0.15, 0.2) is 0 Å². The smallest absolute Gasteiger partial charge is 0.313 e. The van der Waals surface area contributed by atoms with E-state index in [9.17, 15) is 14.0 Å². The van der Waals surface area contributed by atoms with Crippen LogP contribution in [0, 0.1) is 5.82 Å². The van der Waals surface area contributed by atoms with E-state index in [1.807, 2.05) is 12.1 Å². The number of hydrogen-bond acceptors (Lipinski definition) is 3. The number of carbonyl (C=O) groups is 2. The van der Waals surface area contributed by atoms with Gasteiger partial charge in [-0.05, 0) is 67.3 Å². The molecule has 0 unspecified atom stereocenters. The highest BCUT2D eigenvalue weighted by molar-refractivity contribution is 6.39. The summed E-state index contributed by atoms with van der Waals surface area (Å²) in [5.41, 5.74) is 9.93. The van der Waals surface area contributed by atoms with Crippen LogP contribution in [0.15, 0.2) is 42.5 Å². The van der Waals surface area contributed by atoms with Crippen LogP contribution in [0.3, 0.4) is 0 Å². The van der Waals surface area contributed by atoms with Gasteiger partial charge in [0.2, 0.25) is 0 Å². The molecular weight excluding hydrogens is 371 g/mol. The molecule has 0 fully saturated rings. The summed E-state index contributed by atoms with van der Waals surface area (Å²) in [4.78, 5) is 29.8. The number of nitrogens with zero attached hydrogens (tertiary/aromatic N) is 1. The lowest BCUT2D eigenvalue weighted by Crippen LogP contribution is -2.42. The molecule has 0 aliphatic carbocycles. The first-order valence-electron chi connectivity index (χ1n) is 9.73. The van der Waals surface area contributed by atoms with Gasteiger partial charge in [-0.25, -0.2) is 4.39 Å². The van der Waals surface area contributed by atoms with Crippen LogP contribution in [0.5, 0.6) is 0 Å². The molecule has 0 radical (unpaired) electrons. The van der Waals surface area contributed by atoms with E-state index in [0.717, 1.165) is 40.6 Å². The maximum Gasteiger partial charge on any atom is 0.313 e. The van der Waals surface area contributed by atoms with E-state index in [0.29, 0.717) is 31.7 Å². The summed E-state index contributed by atoms with van der Waals surface area (Å²) < 4.78 is 13.6. The molecule has 1 aliphatic rings. The van der Waals surface area contributed by atoms with E-state index in [4.69, 9.17) is 5.73 Å². The van der Waals surface area contributed by atoms with E-state index in [2.05, 4.69) is 10.3 Å². The minimum absolute atomic E-state index is 0.286. The Bertz CT molecular complexity index is 1060. The number of aromatic nitrogens is 1. The Labute approximate surface area is 167 Å². The Kier molecular flexibility index (Phi) is 5.31. The zero-order valence-corrected chi connectivity index (χ0v) is 16.0. The van der Waals surface area contributed by atoms with Gasteiger partial charge in [0.1, 0.15) is 5.82 Å². The molecule has 0 saturated carbocycles. The summed E-state index contributed by atoms with van der Waals surface area (Å²) in [7, 11) is 0. The zero-order valence-electron chi connectivity index (χ0n) is 16.0. The van der Waals surface area contributed by atoms with E-state index >= 15 is 0 Å². The number of benzene rings is 2. The Hall–Kier alpha value is -3.19. The van der Waals surface area contributed by atoms with E-state index in [-0.39, 0.29) is 5.82 Å². The first-order chi connectivity index (χ1) is 14.0. The molecule has 4 rings (SSSR count). The predicted molar refractivity (Wildman–Crippen MR) is 110 cm³/mol. The van der Waals surface area contributed by atoms with Crippen LogP contribution in [-0.2, 0) is 29.0 Å². The number of nitrogens with one attached hydrogen (secondary N) is 2. The van der Waals surface area contributed by atoms with Gasteiger partial charge in [0.05, 0.1) is 6.54 Å². The molecule has 1 aromatic heterocycles. The van der Waals surface area contributed by atoms with E-state index in [1.54, 1.807) is 18.2 Å². The molecule has 4 N–H and O–H groups in total. The van der Waals surface area contributed by atoms with Gasteiger partial charge in [-0.15, -0.1) is 0 Å². The Morgan fingerprint density at radius 2 is 1.97 bits per heavy atom. The third-order valence-electron chi connectivity index (χ3n) is 5.30. The van der Waals surface area contributed by atoms with E-state index < -0.39 is 11.8 Å². The monoisotopic (exact) mass is 394 g/mol. The van der Waals surface area contributed by atoms with Crippen LogP contribution in [0.2, 0.25) is 0 Å². The second-order valence-electron chi connectivity index (χ2n) is 7.29. The first-order valence-corrected chi connectivity index (χ1v) is 9.73. The SMILES string of the molecule is NCCCc1ccc(NC(=O)C(=O)N2CCc3c([nH]c4ccc(F)cc34)C2)cc1. The van der Waals surface area contributed by atoms with Crippen LogP contribution >= 0.6 is 0 Å². The van der Waals surface area contributed by atoms with Crippen molar-refractivity contribution in [2.75, 3.05) is 18.4 Å². The normalized spacial score (nSPS) is 13.4. The molecule has 6 nitrogen and oxygen atoms in total. The van der Waals surface area contributed by atoms with Gasteiger partial charge < -0.3 is 20.9 Å². The van der Waals surface area contributed by atoms with Gasteiger partial charge in [0, 0.05) is 28.8 Å². The van der Waals surface area contributed by atoms with Crippen LogP contribution < -0.4 is 11.1 Å². The standard InChI is InChI=1S/C22H23FN4O2/c23-15-5-8-19-18(12-15)17-9-11-27(13-20(17)26-19)22(29)21(28)25-16-6-3-14(4-7-16)2-1-10-24/h3-8,12,26H,1-2,9-11,13,24H2,(H,25,28). The molecule has 29 heavy (non-hydrogen) atoms. The average Bonchev–Trinajstić information content (AvgIpc) is 3.09. The van der Waals surface area contributed by atoms with Crippen molar-refractivity contribution in [3.05, 3.63) is 65.1 Å². The van der Waals surface area contributed by atoms with Gasteiger partial charge in [-0.3, -0.25) is 9.59 Å². The molecule has 0 spiro atoms. The third-order valence-corrected chi connectivity index (χ3v) is 5.30. The minimum Gasteiger partial charge on any atom is -0.357 e. The molecule has 150 valence electrons. The molecule has 1 aliphatic heterocycles. The lowest BCUT2D eigenvalue weighted by molar-refractivity contribution is -0.143. The van der Waals surface area contributed by atoms with Crippen molar-refractivity contribution in [2.24, 2.45) is 5.73 Å². The summed E-state index contributed by atoms with van der Waals surface area (Å²) >= 11 is 0. The molecular formula is C22H23FN4O2. The van der Waals surface area contributed by atoms with Crippen LogP contribution in [0.4, 0.5) is 10.1 Å². The zero-order chi connectivity index (χ0) is 20.4. The third kappa shape index (κ3) is 4.00. The van der Waals surface area contributed by atoms with Crippen LogP contribution in [-0.4, -0.2) is 34.8 Å². The van der Waals surface area contributed by atoms with Gasteiger partial charge in [0.25, 0.3) is 0 Å². The average molecular weight is 394 g/mol. The second kappa shape index (κ2) is 8.05. The maximum absolute atomic E-state index is 13.6. The largest absolute Gasteiger partial charge is 0.357 e. The van der Waals surface area contributed by atoms with Gasteiger partial charge >= 0.3 is 11.8 Å². The van der Waals surface area contributed by atoms with Crippen LogP contribution in [0.1, 0.15) is 23.2 Å². The molecule has 2 aromatic carbocycles. The maximum atomic E-state index is 13.6. The van der Waals surface area contributed by atoms with Crippen molar-refractivity contribution in [3.63, 3.8) is 0 Å². The number of fused-ring (bicyclic) bond motifs is 3. The molecule has 0 bridgehead atoms. The van der Waals surface area contributed by atoms with Crippen molar-refractivity contribution in [1.29, 1.82) is 0 Å². The number of aromatic amines is 1. The summed E-state index contributed by atoms with van der Waals surface area (Å²) in [6, 6.07) is 12.0. The summed E-state index contributed by atoms with van der Waals surface area (Å²) in [6.07, 6.45) is 2.36. The number of aryl methyl sites for hydroxylation is 1. The van der Waals surface area contributed by atoms with Crippen molar-refractivity contribution < 1.29 is 14.0 Å². The highest BCUT2D eigenvalue weighted by Crippen LogP contribution is 2.28. The molecule has 7 heteroatoms. The highest BCUT2D eigenvalue weighted by Gasteiger charge is 2.28. The molecule has 3 aromatic rings.